The van der Waals surface area contributed by atoms with Gasteiger partial charge >= 0.3 is 0 Å². The highest BCUT2D eigenvalue weighted by atomic mass is 35.5. The molecule has 3 aromatic rings. The Kier molecular flexibility index (Phi) is 11.4. The lowest BCUT2D eigenvalue weighted by Gasteiger charge is -2.34. The Labute approximate surface area is 261 Å². The summed E-state index contributed by atoms with van der Waals surface area (Å²) in [5, 5.41) is 3.64. The van der Waals surface area contributed by atoms with E-state index in [4.69, 9.17) is 46.4 Å². The van der Waals surface area contributed by atoms with E-state index in [0.717, 1.165) is 9.87 Å². The smallest absolute Gasteiger partial charge is 0.264 e. The number of hydrogen-bond donors (Lipinski definition) is 1. The van der Waals surface area contributed by atoms with E-state index in [-0.39, 0.29) is 45.5 Å². The number of rotatable bonds is 11. The van der Waals surface area contributed by atoms with Crippen LogP contribution in [-0.4, -0.2) is 43.8 Å². The largest absolute Gasteiger partial charge is 0.352 e. The molecule has 220 valence electrons. The van der Waals surface area contributed by atoms with Crippen LogP contribution in [0.5, 0.6) is 0 Å². The summed E-state index contributed by atoms with van der Waals surface area (Å²) >= 11 is 25.2. The number of nitrogens with zero attached hydrogens (tertiary/aromatic N) is 2. The van der Waals surface area contributed by atoms with E-state index in [1.807, 2.05) is 20.8 Å². The zero-order valence-electron chi connectivity index (χ0n) is 23.0. The lowest BCUT2D eigenvalue weighted by atomic mass is 10.1. The van der Waals surface area contributed by atoms with Gasteiger partial charge in [0, 0.05) is 22.6 Å². The summed E-state index contributed by atoms with van der Waals surface area (Å²) in [6.45, 7) is 6.49. The molecule has 0 fully saturated rings. The van der Waals surface area contributed by atoms with E-state index in [1.54, 1.807) is 37.3 Å². The van der Waals surface area contributed by atoms with Crippen LogP contribution in [0.4, 0.5) is 5.69 Å². The monoisotopic (exact) mass is 657 g/mol. The number of sulfonamides is 1. The molecular formula is C29H31Cl4N3O4S. The first-order valence-electron chi connectivity index (χ1n) is 12.8. The Bertz CT molecular complexity index is 1510. The van der Waals surface area contributed by atoms with Crippen LogP contribution in [-0.2, 0) is 26.2 Å². The number of hydrogen-bond acceptors (Lipinski definition) is 4. The number of amides is 2. The maximum atomic E-state index is 14.1. The Hall–Kier alpha value is -2.49. The van der Waals surface area contributed by atoms with Gasteiger partial charge in [0.05, 0.1) is 20.6 Å². The van der Waals surface area contributed by atoms with E-state index in [0.29, 0.717) is 15.6 Å². The third-order valence-electron chi connectivity index (χ3n) is 6.26. The number of anilines is 1. The van der Waals surface area contributed by atoms with Crippen molar-refractivity contribution in [3.63, 3.8) is 0 Å². The van der Waals surface area contributed by atoms with Gasteiger partial charge in [-0.25, -0.2) is 8.42 Å². The van der Waals surface area contributed by atoms with Gasteiger partial charge in [-0.15, -0.1) is 0 Å². The molecule has 41 heavy (non-hydrogen) atoms. The molecular weight excluding hydrogens is 628 g/mol. The average molecular weight is 659 g/mol. The van der Waals surface area contributed by atoms with Gasteiger partial charge in [0.2, 0.25) is 11.8 Å². The molecule has 0 unspecified atom stereocenters. The Morgan fingerprint density at radius 3 is 2.17 bits per heavy atom. The lowest BCUT2D eigenvalue weighted by molar-refractivity contribution is -0.140. The summed E-state index contributed by atoms with van der Waals surface area (Å²) in [7, 11) is -4.30. The van der Waals surface area contributed by atoms with Gasteiger partial charge in [0.25, 0.3) is 10.0 Å². The third-order valence-corrected chi connectivity index (χ3v) is 9.43. The molecule has 0 bridgehead atoms. The van der Waals surface area contributed by atoms with Gasteiger partial charge in [-0.2, -0.15) is 0 Å². The number of carbonyl (C=O) groups is 2. The van der Waals surface area contributed by atoms with Crippen molar-refractivity contribution in [2.24, 2.45) is 0 Å². The fourth-order valence-electron chi connectivity index (χ4n) is 4.17. The minimum atomic E-state index is -4.30. The normalized spacial score (nSPS) is 12.2. The maximum Gasteiger partial charge on any atom is 0.264 e. The number of carbonyl (C=O) groups excluding carboxylic acids is 2. The zero-order valence-corrected chi connectivity index (χ0v) is 26.8. The van der Waals surface area contributed by atoms with E-state index in [1.165, 1.54) is 35.2 Å². The van der Waals surface area contributed by atoms with Crippen LogP contribution in [0.1, 0.15) is 38.3 Å². The van der Waals surface area contributed by atoms with E-state index in [9.17, 15) is 18.0 Å². The molecule has 0 aromatic heterocycles. The molecule has 7 nitrogen and oxygen atoms in total. The van der Waals surface area contributed by atoms with Crippen LogP contribution in [0.2, 0.25) is 20.1 Å². The SMILES string of the molecule is CC[C@H](C(=O)NC(C)C)N(Cc1ccc(Cl)cc1Cl)C(=O)CN(c1cccc(Cl)c1Cl)S(=O)(=O)c1ccc(C)cc1. The summed E-state index contributed by atoms with van der Waals surface area (Å²) in [6.07, 6.45) is 0.262. The average Bonchev–Trinajstić information content (AvgIpc) is 2.90. The van der Waals surface area contributed by atoms with Crippen molar-refractivity contribution in [2.45, 2.75) is 57.6 Å². The molecule has 0 aliphatic heterocycles. The number of halogens is 4. The maximum absolute atomic E-state index is 14.1. The summed E-state index contributed by atoms with van der Waals surface area (Å²) < 4.78 is 28.9. The van der Waals surface area contributed by atoms with Gasteiger partial charge in [0.15, 0.2) is 0 Å². The fourth-order valence-corrected chi connectivity index (χ4v) is 6.51. The van der Waals surface area contributed by atoms with Gasteiger partial charge < -0.3 is 10.2 Å². The molecule has 0 spiro atoms. The van der Waals surface area contributed by atoms with Gasteiger partial charge in [0.1, 0.15) is 12.6 Å². The Morgan fingerprint density at radius 2 is 1.59 bits per heavy atom. The molecule has 0 radical (unpaired) electrons. The third kappa shape index (κ3) is 8.08. The standard InChI is InChI=1S/C29H31Cl4N3O4S/c1-5-25(29(38)34-18(2)3)35(16-20-11-12-21(30)15-24(20)32)27(37)17-36(26-8-6-7-23(31)28(26)33)41(39,40)22-13-9-19(4)10-14-22/h6-15,18,25H,5,16-17H2,1-4H3,(H,34,38)/t25-/m1/s1. The van der Waals surface area contributed by atoms with Gasteiger partial charge in [-0.3, -0.25) is 13.9 Å². The molecule has 12 heteroatoms. The second-order valence-electron chi connectivity index (χ2n) is 9.74. The van der Waals surface area contributed by atoms with Crippen molar-refractivity contribution < 1.29 is 18.0 Å². The first-order chi connectivity index (χ1) is 19.3. The molecule has 2 amide bonds. The van der Waals surface area contributed by atoms with Crippen LogP contribution in [0.15, 0.2) is 65.6 Å². The van der Waals surface area contributed by atoms with Crippen molar-refractivity contribution in [1.29, 1.82) is 0 Å². The number of benzene rings is 3. The van der Waals surface area contributed by atoms with Crippen molar-refractivity contribution in [1.82, 2.24) is 10.2 Å². The molecule has 0 saturated carbocycles. The zero-order chi connectivity index (χ0) is 30.5. The molecule has 3 rings (SSSR count). The second kappa shape index (κ2) is 14.1. The van der Waals surface area contributed by atoms with Crippen molar-refractivity contribution in [3.05, 3.63) is 91.9 Å². The molecule has 1 N–H and O–H groups in total. The minimum Gasteiger partial charge on any atom is -0.352 e. The first-order valence-corrected chi connectivity index (χ1v) is 15.8. The van der Waals surface area contributed by atoms with Gasteiger partial charge in [-0.05, 0) is 69.2 Å². The van der Waals surface area contributed by atoms with Crippen LogP contribution in [0, 0.1) is 6.92 Å². The predicted octanol–water partition coefficient (Wildman–Crippen LogP) is 7.14. The summed E-state index contributed by atoms with van der Waals surface area (Å²) in [6, 6.07) is 14.5. The van der Waals surface area contributed by atoms with E-state index >= 15 is 0 Å². The highest BCUT2D eigenvalue weighted by molar-refractivity contribution is 7.92. The molecule has 0 aliphatic carbocycles. The van der Waals surface area contributed by atoms with Crippen LogP contribution in [0.3, 0.4) is 0 Å². The van der Waals surface area contributed by atoms with Gasteiger partial charge in [-0.1, -0.05) is 83.2 Å². The van der Waals surface area contributed by atoms with E-state index in [2.05, 4.69) is 5.32 Å². The molecule has 0 heterocycles. The Balaban J connectivity index is 2.13. The summed E-state index contributed by atoms with van der Waals surface area (Å²) in [4.78, 5) is 28.6. The Morgan fingerprint density at radius 1 is 0.927 bits per heavy atom. The van der Waals surface area contributed by atoms with Crippen molar-refractivity contribution in [2.75, 3.05) is 10.8 Å². The quantitative estimate of drug-likeness (QED) is 0.237. The molecule has 0 saturated heterocycles. The lowest BCUT2D eigenvalue weighted by Crippen LogP contribution is -2.53. The minimum absolute atomic E-state index is 0.0252. The highest BCUT2D eigenvalue weighted by Crippen LogP contribution is 2.36. The summed E-state index contributed by atoms with van der Waals surface area (Å²) in [5.74, 6) is -1.02. The second-order valence-corrected chi connectivity index (χ2v) is 13.2. The fraction of sp³-hybridized carbons (Fsp3) is 0.310. The number of nitrogens with one attached hydrogen (secondary N) is 1. The molecule has 1 atom stereocenters. The van der Waals surface area contributed by atoms with Crippen molar-refractivity contribution in [3.8, 4) is 0 Å². The van der Waals surface area contributed by atoms with Crippen LogP contribution >= 0.6 is 46.4 Å². The molecule has 0 aliphatic rings. The van der Waals surface area contributed by atoms with Crippen LogP contribution in [0.25, 0.3) is 0 Å². The topological polar surface area (TPSA) is 86.8 Å². The van der Waals surface area contributed by atoms with Crippen molar-refractivity contribution >= 4 is 73.9 Å². The number of aryl methyl sites for hydroxylation is 1. The predicted molar refractivity (Wildman–Crippen MR) is 167 cm³/mol. The van der Waals surface area contributed by atoms with E-state index < -0.39 is 28.5 Å². The highest BCUT2D eigenvalue weighted by Gasteiger charge is 2.35. The molecule has 3 aromatic carbocycles. The van der Waals surface area contributed by atoms with Crippen LogP contribution < -0.4 is 9.62 Å². The summed E-state index contributed by atoms with van der Waals surface area (Å²) in [5.41, 5.74) is 1.42. The first kappa shape index (κ1) is 33.0.